The Morgan fingerprint density at radius 2 is 2.17 bits per heavy atom. The Labute approximate surface area is 113 Å². The summed E-state index contributed by atoms with van der Waals surface area (Å²) >= 11 is 1.20. The topological polar surface area (TPSA) is 65.1 Å². The number of benzene rings is 1. The smallest absolute Gasteiger partial charge is 0.150 e. The van der Waals surface area contributed by atoms with Crippen LogP contribution in [0.15, 0.2) is 30.3 Å². The molecule has 0 aromatic heterocycles. The van der Waals surface area contributed by atoms with Gasteiger partial charge >= 0.3 is 0 Å². The van der Waals surface area contributed by atoms with Crippen LogP contribution in [0, 0.1) is 10.7 Å². The van der Waals surface area contributed by atoms with Crippen LogP contribution in [0.2, 0.25) is 0 Å². The average molecular weight is 264 g/mol. The second-order valence-corrected chi connectivity index (χ2v) is 5.02. The molecule has 1 unspecified atom stereocenters. The molecule has 0 bridgehead atoms. The van der Waals surface area contributed by atoms with Crippen molar-refractivity contribution in [3.05, 3.63) is 35.9 Å². The van der Waals surface area contributed by atoms with Gasteiger partial charge in [0.05, 0.1) is 0 Å². The van der Waals surface area contributed by atoms with Crippen LogP contribution in [0.5, 0.6) is 0 Å². The summed E-state index contributed by atoms with van der Waals surface area (Å²) in [4.78, 5) is 0. The molecule has 18 heavy (non-hydrogen) atoms. The van der Waals surface area contributed by atoms with Gasteiger partial charge in [0.15, 0.2) is 0 Å². The Balaban J connectivity index is 2.47. The van der Waals surface area contributed by atoms with Gasteiger partial charge in [-0.1, -0.05) is 30.3 Å². The number of thiocyanates is 1. The second kappa shape index (κ2) is 8.95. The Bertz CT molecular complexity index is 363. The normalized spacial score (nSPS) is 12.3. The second-order valence-electron chi connectivity index (χ2n) is 4.13. The fraction of sp³-hybridized carbons (Fsp3) is 0.462. The molecule has 3 N–H and O–H groups in total. The predicted molar refractivity (Wildman–Crippen MR) is 76.6 cm³/mol. The van der Waals surface area contributed by atoms with Crippen LogP contribution >= 0.6 is 11.9 Å². The molecule has 5 heteroatoms. The molecule has 1 atom stereocenters. The maximum atomic E-state index is 8.83. The van der Waals surface area contributed by atoms with Crippen LogP contribution in [0.4, 0.5) is 0 Å². The number of nitrogens with one attached hydrogen (secondary N) is 1. The number of hydrogen-bond acceptors (Lipinski definition) is 5. The number of rotatable bonds is 8. The van der Waals surface area contributed by atoms with E-state index in [4.69, 9.17) is 11.0 Å². The highest BCUT2D eigenvalue weighted by molar-refractivity contribution is 8.01. The molecule has 0 amide bonds. The fourth-order valence-electron chi connectivity index (χ4n) is 1.68. The van der Waals surface area contributed by atoms with E-state index in [1.165, 1.54) is 17.5 Å². The maximum absolute atomic E-state index is 8.83. The zero-order chi connectivity index (χ0) is 13.2. The molecule has 1 aromatic carbocycles. The lowest BCUT2D eigenvalue weighted by Crippen LogP contribution is -2.38. The van der Waals surface area contributed by atoms with Gasteiger partial charge in [-0.05, 0) is 12.5 Å². The van der Waals surface area contributed by atoms with Gasteiger partial charge in [0.1, 0.15) is 5.40 Å². The molecule has 0 saturated carbocycles. The quantitative estimate of drug-likeness (QED) is 0.551. The van der Waals surface area contributed by atoms with Crippen LogP contribution in [0.3, 0.4) is 0 Å². The Morgan fingerprint density at radius 1 is 1.44 bits per heavy atom. The molecule has 0 spiro atoms. The standard InChI is InChI=1S/C13H20N4S/c1-12(16-8-7-14)9-17(18-11-15)10-13-5-3-2-4-6-13/h2-6,12,16H,7-10,14H2,1H3. The van der Waals surface area contributed by atoms with E-state index in [0.717, 1.165) is 19.6 Å². The molecule has 0 aliphatic heterocycles. The Hall–Kier alpha value is -1.06. The molecule has 4 nitrogen and oxygen atoms in total. The summed E-state index contributed by atoms with van der Waals surface area (Å²) in [6, 6.07) is 10.5. The van der Waals surface area contributed by atoms with Crippen LogP contribution < -0.4 is 11.1 Å². The van der Waals surface area contributed by atoms with Crippen molar-refractivity contribution in [2.75, 3.05) is 19.6 Å². The summed E-state index contributed by atoms with van der Waals surface area (Å²) in [5.41, 5.74) is 6.67. The van der Waals surface area contributed by atoms with Crippen molar-refractivity contribution in [2.24, 2.45) is 5.73 Å². The largest absolute Gasteiger partial charge is 0.329 e. The molecular weight excluding hydrogens is 244 g/mol. The fourth-order valence-corrected chi connectivity index (χ4v) is 2.31. The third-order valence-corrected chi connectivity index (χ3v) is 3.10. The van der Waals surface area contributed by atoms with Crippen molar-refractivity contribution in [3.63, 3.8) is 0 Å². The van der Waals surface area contributed by atoms with Gasteiger partial charge in [-0.15, -0.1) is 0 Å². The van der Waals surface area contributed by atoms with Gasteiger partial charge in [0.25, 0.3) is 0 Å². The molecule has 0 heterocycles. The van der Waals surface area contributed by atoms with Crippen molar-refractivity contribution >= 4 is 11.9 Å². The van der Waals surface area contributed by atoms with E-state index in [2.05, 4.69) is 34.1 Å². The lowest BCUT2D eigenvalue weighted by atomic mass is 10.2. The third kappa shape index (κ3) is 6.03. The lowest BCUT2D eigenvalue weighted by Gasteiger charge is -2.22. The number of nitriles is 1. The van der Waals surface area contributed by atoms with Crippen LogP contribution in [0.1, 0.15) is 12.5 Å². The predicted octanol–water partition coefficient (Wildman–Crippen LogP) is 1.55. The summed E-state index contributed by atoms with van der Waals surface area (Å²) in [6.07, 6.45) is 0. The highest BCUT2D eigenvalue weighted by Crippen LogP contribution is 2.14. The summed E-state index contributed by atoms with van der Waals surface area (Å²) in [5, 5.41) is 14.3. The molecule has 0 aliphatic rings. The van der Waals surface area contributed by atoms with Gasteiger partial charge in [-0.3, -0.25) is 0 Å². The summed E-state index contributed by atoms with van der Waals surface area (Å²) in [5.74, 6) is 0. The first-order valence-electron chi connectivity index (χ1n) is 6.04. The van der Waals surface area contributed by atoms with Gasteiger partial charge in [-0.2, -0.15) is 5.26 Å². The van der Waals surface area contributed by atoms with E-state index in [1.807, 2.05) is 18.2 Å². The summed E-state index contributed by atoms with van der Waals surface area (Å²) in [6.45, 7) is 5.12. The first-order chi connectivity index (χ1) is 8.76. The minimum Gasteiger partial charge on any atom is -0.329 e. The number of hydrogen-bond donors (Lipinski definition) is 2. The zero-order valence-corrected chi connectivity index (χ0v) is 11.5. The van der Waals surface area contributed by atoms with Gasteiger partial charge in [0, 0.05) is 44.2 Å². The van der Waals surface area contributed by atoms with E-state index in [1.54, 1.807) is 0 Å². The Morgan fingerprint density at radius 3 is 2.78 bits per heavy atom. The molecule has 0 fully saturated rings. The molecule has 0 aliphatic carbocycles. The van der Waals surface area contributed by atoms with Crippen molar-refractivity contribution in [3.8, 4) is 5.40 Å². The summed E-state index contributed by atoms with van der Waals surface area (Å²) < 4.78 is 2.06. The zero-order valence-electron chi connectivity index (χ0n) is 10.7. The lowest BCUT2D eigenvalue weighted by molar-refractivity contribution is 0.396. The van der Waals surface area contributed by atoms with Crippen LogP contribution in [-0.2, 0) is 6.54 Å². The van der Waals surface area contributed by atoms with Crippen molar-refractivity contribution < 1.29 is 0 Å². The minimum atomic E-state index is 0.318. The van der Waals surface area contributed by atoms with Crippen molar-refractivity contribution in [1.82, 2.24) is 9.62 Å². The average Bonchev–Trinajstić information content (AvgIpc) is 2.38. The monoisotopic (exact) mass is 264 g/mol. The van der Waals surface area contributed by atoms with Crippen LogP contribution in [0.25, 0.3) is 0 Å². The minimum absolute atomic E-state index is 0.318. The van der Waals surface area contributed by atoms with Crippen LogP contribution in [-0.4, -0.2) is 30.0 Å². The Kier molecular flexibility index (Phi) is 7.46. The SMILES string of the molecule is CC(CN(Cc1ccccc1)SC#N)NCCN. The highest BCUT2D eigenvalue weighted by Gasteiger charge is 2.10. The first kappa shape index (κ1) is 15.0. The van der Waals surface area contributed by atoms with E-state index in [0.29, 0.717) is 12.6 Å². The molecule has 1 aromatic rings. The van der Waals surface area contributed by atoms with E-state index in [9.17, 15) is 0 Å². The number of nitrogens with two attached hydrogens (primary N) is 1. The molecule has 0 saturated heterocycles. The highest BCUT2D eigenvalue weighted by atomic mass is 32.2. The van der Waals surface area contributed by atoms with Crippen molar-refractivity contribution in [2.45, 2.75) is 19.5 Å². The van der Waals surface area contributed by atoms with E-state index >= 15 is 0 Å². The number of nitrogens with zero attached hydrogens (tertiary/aromatic N) is 2. The molecule has 1 rings (SSSR count). The molecule has 0 radical (unpaired) electrons. The first-order valence-corrected chi connectivity index (χ1v) is 6.82. The third-order valence-electron chi connectivity index (χ3n) is 2.49. The van der Waals surface area contributed by atoms with E-state index in [-0.39, 0.29) is 0 Å². The molecular formula is C13H20N4S. The van der Waals surface area contributed by atoms with Crippen molar-refractivity contribution in [1.29, 1.82) is 5.26 Å². The summed E-state index contributed by atoms with van der Waals surface area (Å²) in [7, 11) is 0. The maximum Gasteiger partial charge on any atom is 0.150 e. The van der Waals surface area contributed by atoms with E-state index < -0.39 is 0 Å². The van der Waals surface area contributed by atoms with Gasteiger partial charge < -0.3 is 11.1 Å². The van der Waals surface area contributed by atoms with Gasteiger partial charge in [-0.25, -0.2) is 4.31 Å². The molecule has 98 valence electrons. The van der Waals surface area contributed by atoms with Gasteiger partial charge in [0.2, 0.25) is 0 Å².